The number of nitrogens with one attached hydrogen (secondary N) is 1. The summed E-state index contributed by atoms with van der Waals surface area (Å²) in [7, 11) is -2.25. The van der Waals surface area contributed by atoms with Crippen LogP contribution in [0, 0.1) is 0 Å². The van der Waals surface area contributed by atoms with E-state index in [0.717, 1.165) is 24.2 Å². The monoisotopic (exact) mass is 478 g/mol. The van der Waals surface area contributed by atoms with E-state index in [4.69, 9.17) is 4.74 Å². The molecule has 1 aliphatic rings. The summed E-state index contributed by atoms with van der Waals surface area (Å²) in [5.74, 6) is 0.542. The van der Waals surface area contributed by atoms with Crippen LogP contribution in [0.1, 0.15) is 55.1 Å². The van der Waals surface area contributed by atoms with Crippen LogP contribution in [-0.4, -0.2) is 27.0 Å². The second-order valence-corrected chi connectivity index (χ2v) is 10.6. The number of fused-ring (bicyclic) bond motifs is 1. The van der Waals surface area contributed by atoms with Crippen LogP contribution in [0.3, 0.4) is 0 Å². The molecule has 1 atom stereocenters. The molecule has 1 unspecified atom stereocenters. The van der Waals surface area contributed by atoms with Crippen LogP contribution >= 0.6 is 0 Å². The van der Waals surface area contributed by atoms with Crippen molar-refractivity contribution in [3.63, 3.8) is 0 Å². The van der Waals surface area contributed by atoms with Crippen molar-refractivity contribution < 1.29 is 17.9 Å². The third-order valence-electron chi connectivity index (χ3n) is 6.66. The lowest BCUT2D eigenvalue weighted by molar-refractivity contribution is 0.0227. The van der Waals surface area contributed by atoms with Gasteiger partial charge in [0, 0.05) is 24.6 Å². The number of rotatable bonds is 7. The first kappa shape index (κ1) is 23.8. The maximum absolute atomic E-state index is 13.3. The Bertz CT molecular complexity index is 1270. The molecular formula is C27H30N2O4S. The van der Waals surface area contributed by atoms with Crippen LogP contribution in [0.5, 0.6) is 5.75 Å². The summed E-state index contributed by atoms with van der Waals surface area (Å²) in [5.41, 5.74) is 1.43. The topological polar surface area (TPSA) is 75.7 Å². The SMILES string of the molecule is CCC1(CC)CC(NC(=O)c2cccc(N(C)S(=O)(=O)c3ccccc3)c2)c2ccccc2O1. The molecule has 0 saturated heterocycles. The van der Waals surface area contributed by atoms with E-state index in [1.54, 1.807) is 54.6 Å². The Labute approximate surface area is 201 Å². The Morgan fingerprint density at radius 2 is 1.68 bits per heavy atom. The molecule has 3 aromatic carbocycles. The van der Waals surface area contributed by atoms with Gasteiger partial charge in [-0.05, 0) is 49.2 Å². The van der Waals surface area contributed by atoms with Gasteiger partial charge in [0.25, 0.3) is 15.9 Å². The number of para-hydroxylation sites is 1. The van der Waals surface area contributed by atoms with Gasteiger partial charge in [-0.1, -0.05) is 56.3 Å². The van der Waals surface area contributed by atoms with Crippen molar-refractivity contribution in [3.8, 4) is 5.75 Å². The molecule has 0 saturated carbocycles. The lowest BCUT2D eigenvalue weighted by atomic mass is 9.83. The highest BCUT2D eigenvalue weighted by molar-refractivity contribution is 7.92. The highest BCUT2D eigenvalue weighted by Gasteiger charge is 2.39. The molecule has 1 amide bonds. The molecule has 0 bridgehead atoms. The van der Waals surface area contributed by atoms with Crippen LogP contribution in [0.25, 0.3) is 0 Å². The Hall–Kier alpha value is -3.32. The Balaban J connectivity index is 1.60. The predicted octanol–water partition coefficient (Wildman–Crippen LogP) is 5.32. The fourth-order valence-corrected chi connectivity index (χ4v) is 5.61. The van der Waals surface area contributed by atoms with Gasteiger partial charge in [0.05, 0.1) is 16.6 Å². The molecule has 3 aromatic rings. The number of ether oxygens (including phenoxy) is 1. The van der Waals surface area contributed by atoms with E-state index >= 15 is 0 Å². The first-order chi connectivity index (χ1) is 16.3. The minimum absolute atomic E-state index is 0.196. The van der Waals surface area contributed by atoms with Crippen molar-refractivity contribution in [3.05, 3.63) is 90.0 Å². The summed E-state index contributed by atoms with van der Waals surface area (Å²) in [6.07, 6.45) is 2.34. The van der Waals surface area contributed by atoms with Crippen molar-refractivity contribution in [2.24, 2.45) is 0 Å². The van der Waals surface area contributed by atoms with Gasteiger partial charge in [0.15, 0.2) is 0 Å². The van der Waals surface area contributed by atoms with Gasteiger partial charge in [0.2, 0.25) is 0 Å². The van der Waals surface area contributed by atoms with E-state index in [1.807, 2.05) is 24.3 Å². The molecule has 7 heteroatoms. The number of anilines is 1. The molecule has 6 nitrogen and oxygen atoms in total. The van der Waals surface area contributed by atoms with Crippen molar-refractivity contribution in [1.82, 2.24) is 5.32 Å². The number of sulfonamides is 1. The summed E-state index contributed by atoms with van der Waals surface area (Å²) in [4.78, 5) is 13.5. The number of carbonyl (C=O) groups is 1. The van der Waals surface area contributed by atoms with Gasteiger partial charge >= 0.3 is 0 Å². The third kappa shape index (κ3) is 4.53. The lowest BCUT2D eigenvalue weighted by Crippen LogP contribution is -2.44. The van der Waals surface area contributed by atoms with Gasteiger partial charge in [-0.15, -0.1) is 0 Å². The van der Waals surface area contributed by atoms with Crippen molar-refractivity contribution in [1.29, 1.82) is 0 Å². The fourth-order valence-electron chi connectivity index (χ4n) is 4.40. The summed E-state index contributed by atoms with van der Waals surface area (Å²) in [5, 5.41) is 3.16. The first-order valence-corrected chi connectivity index (χ1v) is 13.0. The molecule has 0 fully saturated rings. The number of nitrogens with zero attached hydrogens (tertiary/aromatic N) is 1. The van der Waals surface area contributed by atoms with E-state index in [0.29, 0.717) is 17.7 Å². The summed E-state index contributed by atoms with van der Waals surface area (Å²) in [6.45, 7) is 4.20. The molecule has 178 valence electrons. The minimum Gasteiger partial charge on any atom is -0.487 e. The quantitative estimate of drug-likeness (QED) is 0.498. The molecule has 34 heavy (non-hydrogen) atoms. The lowest BCUT2D eigenvalue weighted by Gasteiger charge is -2.41. The Morgan fingerprint density at radius 1 is 1.00 bits per heavy atom. The maximum atomic E-state index is 13.3. The van der Waals surface area contributed by atoms with Gasteiger partial charge in [-0.2, -0.15) is 0 Å². The molecule has 0 spiro atoms. The zero-order chi connectivity index (χ0) is 24.3. The summed E-state index contributed by atoms with van der Waals surface area (Å²) in [6, 6.07) is 22.5. The molecular weight excluding hydrogens is 448 g/mol. The second-order valence-electron chi connectivity index (χ2n) is 8.60. The zero-order valence-corrected chi connectivity index (χ0v) is 20.5. The van der Waals surface area contributed by atoms with Crippen LogP contribution < -0.4 is 14.4 Å². The molecule has 0 aromatic heterocycles. The molecule has 1 heterocycles. The average molecular weight is 479 g/mol. The minimum atomic E-state index is -3.74. The highest BCUT2D eigenvalue weighted by atomic mass is 32.2. The van der Waals surface area contributed by atoms with Crippen LogP contribution in [0.2, 0.25) is 0 Å². The first-order valence-electron chi connectivity index (χ1n) is 11.5. The van der Waals surface area contributed by atoms with Crippen molar-refractivity contribution >= 4 is 21.6 Å². The standard InChI is InChI=1S/C27H30N2O4S/c1-4-27(5-2)19-24(23-16-9-10-17-25(23)33-27)28-26(30)20-12-11-13-21(18-20)29(3)34(31,32)22-14-7-6-8-15-22/h6-18,24H,4-5,19H2,1-3H3,(H,28,30). The molecule has 1 aliphatic heterocycles. The smallest absolute Gasteiger partial charge is 0.264 e. The second kappa shape index (κ2) is 9.50. The zero-order valence-electron chi connectivity index (χ0n) is 19.7. The largest absolute Gasteiger partial charge is 0.487 e. The molecule has 4 rings (SSSR count). The summed E-state index contributed by atoms with van der Waals surface area (Å²) < 4.78 is 33.6. The van der Waals surface area contributed by atoms with E-state index in [2.05, 4.69) is 19.2 Å². The van der Waals surface area contributed by atoms with Gasteiger partial charge < -0.3 is 10.1 Å². The van der Waals surface area contributed by atoms with Crippen LogP contribution in [0.4, 0.5) is 5.69 Å². The maximum Gasteiger partial charge on any atom is 0.264 e. The number of hydrogen-bond donors (Lipinski definition) is 1. The number of hydrogen-bond acceptors (Lipinski definition) is 4. The predicted molar refractivity (Wildman–Crippen MR) is 134 cm³/mol. The van der Waals surface area contributed by atoms with E-state index in [-0.39, 0.29) is 22.4 Å². The van der Waals surface area contributed by atoms with Crippen molar-refractivity contribution in [2.45, 2.75) is 49.6 Å². The average Bonchev–Trinajstić information content (AvgIpc) is 2.88. The Kier molecular flexibility index (Phi) is 6.66. The number of benzene rings is 3. The van der Waals surface area contributed by atoms with Crippen LogP contribution in [0.15, 0.2) is 83.8 Å². The highest BCUT2D eigenvalue weighted by Crippen LogP contribution is 2.42. The molecule has 0 aliphatic carbocycles. The fraction of sp³-hybridized carbons (Fsp3) is 0.296. The third-order valence-corrected chi connectivity index (χ3v) is 8.46. The van der Waals surface area contributed by atoms with Crippen molar-refractivity contribution in [2.75, 3.05) is 11.4 Å². The normalized spacial score (nSPS) is 16.7. The van der Waals surface area contributed by atoms with Gasteiger partial charge in [0.1, 0.15) is 11.4 Å². The number of amides is 1. The van der Waals surface area contributed by atoms with Gasteiger partial charge in [-0.3, -0.25) is 9.10 Å². The summed E-state index contributed by atoms with van der Waals surface area (Å²) >= 11 is 0. The number of carbonyl (C=O) groups excluding carboxylic acids is 1. The van der Waals surface area contributed by atoms with E-state index in [1.165, 1.54) is 11.4 Å². The van der Waals surface area contributed by atoms with Crippen LogP contribution in [-0.2, 0) is 10.0 Å². The van der Waals surface area contributed by atoms with Gasteiger partial charge in [-0.25, -0.2) is 8.42 Å². The molecule has 1 N–H and O–H groups in total. The van der Waals surface area contributed by atoms with E-state index < -0.39 is 10.0 Å². The Morgan fingerprint density at radius 3 is 2.38 bits per heavy atom. The molecule has 0 radical (unpaired) electrons. The van der Waals surface area contributed by atoms with E-state index in [9.17, 15) is 13.2 Å².